The number of imidazole rings is 1. The number of carbonyl (C=O) groups excluding carboxylic acids is 1. The quantitative estimate of drug-likeness (QED) is 0.514. The summed E-state index contributed by atoms with van der Waals surface area (Å²) in [5.74, 6) is 1.64. The molecule has 6 heteroatoms. The Kier molecular flexibility index (Phi) is 4.47. The maximum absolute atomic E-state index is 13.6. The molecule has 5 rings (SSSR count). The standard InChI is InChI=1S/C24H22N4O2/c1-27-12-11-25-21(27)15-28(2)24(29)22-18-7-3-4-8-20(18)26-23-16(9-10-19(22)23)14-17-6-5-13-30-17/h3-8,11-14H,9-10,15H2,1-2H3. The van der Waals surface area contributed by atoms with Crippen molar-refractivity contribution in [3.05, 3.63) is 83.5 Å². The van der Waals surface area contributed by atoms with E-state index in [0.717, 1.165) is 57.7 Å². The van der Waals surface area contributed by atoms with Gasteiger partial charge in [-0.15, -0.1) is 0 Å². The van der Waals surface area contributed by atoms with Gasteiger partial charge in [0.25, 0.3) is 5.91 Å². The first kappa shape index (κ1) is 18.4. The highest BCUT2D eigenvalue weighted by molar-refractivity contribution is 6.09. The van der Waals surface area contributed by atoms with Crippen molar-refractivity contribution in [1.82, 2.24) is 19.4 Å². The molecule has 0 saturated carbocycles. The third-order valence-corrected chi connectivity index (χ3v) is 5.66. The van der Waals surface area contributed by atoms with Crippen LogP contribution in [0.1, 0.15) is 39.6 Å². The molecule has 6 nitrogen and oxygen atoms in total. The third-order valence-electron chi connectivity index (χ3n) is 5.66. The molecule has 0 aliphatic heterocycles. The van der Waals surface area contributed by atoms with Gasteiger partial charge in [0.1, 0.15) is 11.6 Å². The Balaban J connectivity index is 1.61. The fraction of sp³-hybridized carbons (Fsp3) is 0.208. The molecule has 4 aromatic rings. The summed E-state index contributed by atoms with van der Waals surface area (Å²) in [6.07, 6.45) is 8.95. The number of hydrogen-bond acceptors (Lipinski definition) is 4. The lowest BCUT2D eigenvalue weighted by atomic mass is 9.99. The molecule has 0 radical (unpaired) electrons. The number of fused-ring (bicyclic) bond motifs is 2. The smallest absolute Gasteiger partial charge is 0.255 e. The maximum atomic E-state index is 13.6. The van der Waals surface area contributed by atoms with Crippen LogP contribution in [0.25, 0.3) is 22.6 Å². The lowest BCUT2D eigenvalue weighted by Crippen LogP contribution is -2.28. The summed E-state index contributed by atoms with van der Waals surface area (Å²) in [6.45, 7) is 0.447. The van der Waals surface area contributed by atoms with Crippen molar-refractivity contribution >= 4 is 28.5 Å². The third kappa shape index (κ3) is 3.10. The topological polar surface area (TPSA) is 64.2 Å². The fourth-order valence-corrected chi connectivity index (χ4v) is 4.09. The molecule has 3 aromatic heterocycles. The second-order valence-electron chi connectivity index (χ2n) is 7.63. The number of allylic oxidation sites excluding steroid dienone is 1. The first-order valence-corrected chi connectivity index (χ1v) is 9.99. The van der Waals surface area contributed by atoms with Gasteiger partial charge in [-0.25, -0.2) is 9.97 Å². The van der Waals surface area contributed by atoms with Crippen LogP contribution >= 0.6 is 0 Å². The minimum Gasteiger partial charge on any atom is -0.465 e. The molecule has 0 spiro atoms. The minimum atomic E-state index is -0.00732. The average molecular weight is 398 g/mol. The average Bonchev–Trinajstić information content (AvgIpc) is 3.49. The predicted octanol–water partition coefficient (Wildman–Crippen LogP) is 4.32. The van der Waals surface area contributed by atoms with Gasteiger partial charge in [0, 0.05) is 31.9 Å². The zero-order valence-electron chi connectivity index (χ0n) is 17.0. The van der Waals surface area contributed by atoms with Crippen molar-refractivity contribution in [1.29, 1.82) is 0 Å². The molecular formula is C24H22N4O2. The van der Waals surface area contributed by atoms with Crippen LogP contribution < -0.4 is 0 Å². The summed E-state index contributed by atoms with van der Waals surface area (Å²) in [4.78, 5) is 24.6. The summed E-state index contributed by atoms with van der Waals surface area (Å²) >= 11 is 0. The molecular weight excluding hydrogens is 376 g/mol. The van der Waals surface area contributed by atoms with Gasteiger partial charge in [-0.05, 0) is 48.3 Å². The van der Waals surface area contributed by atoms with E-state index in [1.807, 2.05) is 67.3 Å². The first-order valence-electron chi connectivity index (χ1n) is 9.99. The summed E-state index contributed by atoms with van der Waals surface area (Å²) in [7, 11) is 3.76. The highest BCUT2D eigenvalue weighted by Crippen LogP contribution is 2.38. The van der Waals surface area contributed by atoms with Crippen molar-refractivity contribution in [3.8, 4) is 0 Å². The zero-order chi connectivity index (χ0) is 20.7. The van der Waals surface area contributed by atoms with E-state index < -0.39 is 0 Å². The Morgan fingerprint density at radius 2 is 2.10 bits per heavy atom. The molecule has 0 N–H and O–H groups in total. The van der Waals surface area contributed by atoms with Crippen LogP contribution in [-0.4, -0.2) is 32.4 Å². The van der Waals surface area contributed by atoms with Crippen LogP contribution in [0.3, 0.4) is 0 Å². The second-order valence-corrected chi connectivity index (χ2v) is 7.63. The van der Waals surface area contributed by atoms with Crippen molar-refractivity contribution in [2.45, 2.75) is 19.4 Å². The molecule has 1 aromatic carbocycles. The zero-order valence-corrected chi connectivity index (χ0v) is 17.0. The summed E-state index contributed by atoms with van der Waals surface area (Å²) < 4.78 is 7.43. The minimum absolute atomic E-state index is 0.00732. The molecule has 1 amide bonds. The van der Waals surface area contributed by atoms with Crippen LogP contribution in [0.5, 0.6) is 0 Å². The Morgan fingerprint density at radius 1 is 1.23 bits per heavy atom. The van der Waals surface area contributed by atoms with Crippen LogP contribution in [-0.2, 0) is 20.0 Å². The van der Waals surface area contributed by atoms with Gasteiger partial charge in [0.15, 0.2) is 0 Å². The number of aryl methyl sites for hydroxylation is 1. The SMILES string of the molecule is CN(Cc1nccn1C)C(=O)c1c2c(nc3ccccc13)C(=Cc1ccco1)CC2. The van der Waals surface area contributed by atoms with Gasteiger partial charge < -0.3 is 13.9 Å². The molecule has 0 bridgehead atoms. The molecule has 150 valence electrons. The van der Waals surface area contributed by atoms with Gasteiger partial charge in [0.05, 0.1) is 29.6 Å². The number of amides is 1. The first-order chi connectivity index (χ1) is 14.6. The van der Waals surface area contributed by atoms with Crippen LogP contribution in [0.15, 0.2) is 59.5 Å². The monoisotopic (exact) mass is 398 g/mol. The number of benzene rings is 1. The number of pyridine rings is 1. The van der Waals surface area contributed by atoms with E-state index in [4.69, 9.17) is 9.40 Å². The van der Waals surface area contributed by atoms with E-state index >= 15 is 0 Å². The van der Waals surface area contributed by atoms with Crippen molar-refractivity contribution < 1.29 is 9.21 Å². The van der Waals surface area contributed by atoms with Crippen molar-refractivity contribution in [3.63, 3.8) is 0 Å². The van der Waals surface area contributed by atoms with Crippen molar-refractivity contribution in [2.24, 2.45) is 7.05 Å². The number of carbonyl (C=O) groups is 1. The van der Waals surface area contributed by atoms with E-state index in [0.29, 0.717) is 6.54 Å². The number of rotatable bonds is 4. The molecule has 0 fully saturated rings. The lowest BCUT2D eigenvalue weighted by molar-refractivity contribution is 0.0781. The summed E-state index contributed by atoms with van der Waals surface area (Å²) in [5.41, 5.74) is 4.60. The fourth-order valence-electron chi connectivity index (χ4n) is 4.09. The van der Waals surface area contributed by atoms with Gasteiger partial charge in [0.2, 0.25) is 0 Å². The number of furan rings is 1. The summed E-state index contributed by atoms with van der Waals surface area (Å²) in [6, 6.07) is 11.7. The van der Waals surface area contributed by atoms with Crippen LogP contribution in [0, 0.1) is 0 Å². The predicted molar refractivity (Wildman–Crippen MR) is 116 cm³/mol. The maximum Gasteiger partial charge on any atom is 0.255 e. The highest BCUT2D eigenvalue weighted by Gasteiger charge is 2.28. The van der Waals surface area contributed by atoms with E-state index in [1.165, 1.54) is 0 Å². The van der Waals surface area contributed by atoms with E-state index in [1.54, 1.807) is 17.4 Å². The summed E-state index contributed by atoms with van der Waals surface area (Å²) in [5, 5.41) is 0.896. The largest absolute Gasteiger partial charge is 0.465 e. The number of para-hydroxylation sites is 1. The van der Waals surface area contributed by atoms with Gasteiger partial charge in [-0.3, -0.25) is 4.79 Å². The normalized spacial score (nSPS) is 14.4. The molecule has 30 heavy (non-hydrogen) atoms. The number of nitrogens with zero attached hydrogens (tertiary/aromatic N) is 4. The van der Waals surface area contributed by atoms with Crippen molar-refractivity contribution in [2.75, 3.05) is 7.05 Å². The van der Waals surface area contributed by atoms with Gasteiger partial charge in [-0.1, -0.05) is 18.2 Å². The van der Waals surface area contributed by atoms with E-state index in [-0.39, 0.29) is 5.91 Å². The number of aromatic nitrogens is 3. The Hall–Kier alpha value is -3.67. The van der Waals surface area contributed by atoms with Crippen LogP contribution in [0.4, 0.5) is 0 Å². The molecule has 0 unspecified atom stereocenters. The molecule has 3 heterocycles. The highest BCUT2D eigenvalue weighted by atomic mass is 16.3. The number of hydrogen-bond donors (Lipinski definition) is 0. The van der Waals surface area contributed by atoms with E-state index in [2.05, 4.69) is 4.98 Å². The van der Waals surface area contributed by atoms with E-state index in [9.17, 15) is 4.79 Å². The second kappa shape index (κ2) is 7.30. The van der Waals surface area contributed by atoms with Gasteiger partial charge >= 0.3 is 0 Å². The lowest BCUT2D eigenvalue weighted by Gasteiger charge is -2.20. The Labute approximate surface area is 174 Å². The molecule has 0 saturated heterocycles. The molecule has 1 aliphatic carbocycles. The Bertz CT molecular complexity index is 1270. The molecule has 0 atom stereocenters. The Morgan fingerprint density at radius 3 is 2.87 bits per heavy atom. The van der Waals surface area contributed by atoms with Gasteiger partial charge in [-0.2, -0.15) is 0 Å². The van der Waals surface area contributed by atoms with Crippen LogP contribution in [0.2, 0.25) is 0 Å². The molecule has 1 aliphatic rings.